The highest BCUT2D eigenvalue weighted by Crippen LogP contribution is 2.24. The van der Waals surface area contributed by atoms with E-state index in [1.165, 1.54) is 25.7 Å². The molecule has 1 fully saturated rings. The molecule has 1 aromatic heterocycles. The summed E-state index contributed by atoms with van der Waals surface area (Å²) < 4.78 is 1.75. The summed E-state index contributed by atoms with van der Waals surface area (Å²) in [6.45, 7) is 5.21. The molecule has 0 saturated heterocycles. The fraction of sp³-hybridized carbons (Fsp3) is 0.769. The molecular formula is C13H22ClN3. The lowest BCUT2D eigenvalue weighted by atomic mass is 9.87. The zero-order chi connectivity index (χ0) is 12.4. The second kappa shape index (κ2) is 5.40. The Balaban J connectivity index is 1.89. The number of halogens is 1. The lowest BCUT2D eigenvalue weighted by molar-refractivity contribution is 0.306. The van der Waals surface area contributed by atoms with Crippen LogP contribution in [0.2, 0.25) is 5.15 Å². The first-order valence-electron chi connectivity index (χ1n) is 6.49. The molecule has 1 aliphatic carbocycles. The van der Waals surface area contributed by atoms with E-state index >= 15 is 0 Å². The predicted molar refractivity (Wildman–Crippen MR) is 71.2 cm³/mol. The maximum absolute atomic E-state index is 6.22. The molecule has 2 rings (SSSR count). The Bertz CT molecular complexity index is 378. The molecule has 0 atom stereocenters. The molecule has 0 spiro atoms. The number of nitrogens with one attached hydrogen (secondary N) is 1. The molecule has 0 bridgehead atoms. The van der Waals surface area contributed by atoms with Crippen molar-refractivity contribution in [2.75, 3.05) is 0 Å². The fourth-order valence-corrected chi connectivity index (χ4v) is 2.83. The Morgan fingerprint density at radius 3 is 2.53 bits per heavy atom. The second-order valence-electron chi connectivity index (χ2n) is 5.32. The molecule has 4 heteroatoms. The highest BCUT2D eigenvalue weighted by molar-refractivity contribution is 6.30. The van der Waals surface area contributed by atoms with E-state index in [9.17, 15) is 0 Å². The van der Waals surface area contributed by atoms with E-state index < -0.39 is 0 Å². The summed E-state index contributed by atoms with van der Waals surface area (Å²) in [6, 6.07) is 0.655. The zero-order valence-electron chi connectivity index (χ0n) is 11.0. The van der Waals surface area contributed by atoms with Crippen molar-refractivity contribution in [3.63, 3.8) is 0 Å². The Morgan fingerprint density at radius 1 is 1.35 bits per heavy atom. The summed E-state index contributed by atoms with van der Waals surface area (Å²) in [4.78, 5) is 0. The largest absolute Gasteiger partial charge is 0.310 e. The van der Waals surface area contributed by atoms with Crippen molar-refractivity contribution in [2.24, 2.45) is 13.0 Å². The molecule has 0 aliphatic heterocycles. The molecule has 0 radical (unpaired) electrons. The van der Waals surface area contributed by atoms with Gasteiger partial charge in [0, 0.05) is 25.2 Å². The highest BCUT2D eigenvalue weighted by atomic mass is 35.5. The van der Waals surface area contributed by atoms with Crippen molar-refractivity contribution in [1.82, 2.24) is 15.1 Å². The average Bonchev–Trinajstić information content (AvgIpc) is 2.54. The van der Waals surface area contributed by atoms with Gasteiger partial charge in [-0.05, 0) is 38.5 Å². The van der Waals surface area contributed by atoms with Crippen LogP contribution in [0.25, 0.3) is 0 Å². The third-order valence-corrected chi connectivity index (χ3v) is 4.33. The summed E-state index contributed by atoms with van der Waals surface area (Å²) in [7, 11) is 1.89. The summed E-state index contributed by atoms with van der Waals surface area (Å²) >= 11 is 6.22. The SMILES string of the molecule is Cc1nn(C)c(Cl)c1CNC1CCC(C)CC1. The second-order valence-corrected chi connectivity index (χ2v) is 5.67. The van der Waals surface area contributed by atoms with Gasteiger partial charge in [-0.1, -0.05) is 18.5 Å². The van der Waals surface area contributed by atoms with Gasteiger partial charge in [0.2, 0.25) is 0 Å². The van der Waals surface area contributed by atoms with Gasteiger partial charge in [-0.2, -0.15) is 5.10 Å². The minimum Gasteiger partial charge on any atom is -0.310 e. The van der Waals surface area contributed by atoms with Crippen molar-refractivity contribution in [2.45, 2.75) is 52.1 Å². The van der Waals surface area contributed by atoms with E-state index in [1.54, 1.807) is 4.68 Å². The van der Waals surface area contributed by atoms with Crippen LogP contribution in [0.15, 0.2) is 0 Å². The van der Waals surface area contributed by atoms with Gasteiger partial charge in [-0.25, -0.2) is 0 Å². The first kappa shape index (κ1) is 12.9. The van der Waals surface area contributed by atoms with Crippen LogP contribution >= 0.6 is 11.6 Å². The molecule has 1 N–H and O–H groups in total. The number of aryl methyl sites for hydroxylation is 2. The summed E-state index contributed by atoms with van der Waals surface area (Å²) in [5.41, 5.74) is 2.18. The number of nitrogens with zero attached hydrogens (tertiary/aromatic N) is 2. The molecule has 1 heterocycles. The van der Waals surface area contributed by atoms with E-state index in [-0.39, 0.29) is 0 Å². The Hall–Kier alpha value is -0.540. The van der Waals surface area contributed by atoms with Gasteiger partial charge in [0.1, 0.15) is 5.15 Å². The topological polar surface area (TPSA) is 29.9 Å². The fourth-order valence-electron chi connectivity index (χ4n) is 2.59. The van der Waals surface area contributed by atoms with Gasteiger partial charge in [-0.3, -0.25) is 4.68 Å². The molecule has 1 saturated carbocycles. The van der Waals surface area contributed by atoms with Crippen LogP contribution in [-0.2, 0) is 13.6 Å². The summed E-state index contributed by atoms with van der Waals surface area (Å²) in [6.07, 6.45) is 5.27. The third-order valence-electron chi connectivity index (χ3n) is 3.85. The van der Waals surface area contributed by atoms with E-state index in [0.717, 1.165) is 28.9 Å². The smallest absolute Gasteiger partial charge is 0.131 e. The van der Waals surface area contributed by atoms with Crippen molar-refractivity contribution in [1.29, 1.82) is 0 Å². The van der Waals surface area contributed by atoms with Crippen LogP contribution in [0, 0.1) is 12.8 Å². The molecule has 17 heavy (non-hydrogen) atoms. The molecule has 3 nitrogen and oxygen atoms in total. The Morgan fingerprint density at radius 2 is 2.00 bits per heavy atom. The zero-order valence-corrected chi connectivity index (χ0v) is 11.7. The maximum atomic E-state index is 6.22. The van der Waals surface area contributed by atoms with Crippen LogP contribution in [0.5, 0.6) is 0 Å². The Kier molecular flexibility index (Phi) is 4.10. The van der Waals surface area contributed by atoms with E-state index in [0.29, 0.717) is 6.04 Å². The lowest BCUT2D eigenvalue weighted by Crippen LogP contribution is -2.32. The number of hydrogen-bond acceptors (Lipinski definition) is 2. The molecule has 0 amide bonds. The molecule has 0 unspecified atom stereocenters. The van der Waals surface area contributed by atoms with Crippen LogP contribution < -0.4 is 5.32 Å². The highest BCUT2D eigenvalue weighted by Gasteiger charge is 2.19. The first-order chi connectivity index (χ1) is 8.08. The minimum atomic E-state index is 0.655. The van der Waals surface area contributed by atoms with E-state index in [4.69, 9.17) is 11.6 Å². The van der Waals surface area contributed by atoms with Crippen LogP contribution in [0.3, 0.4) is 0 Å². The van der Waals surface area contributed by atoms with E-state index in [2.05, 4.69) is 17.3 Å². The summed E-state index contributed by atoms with van der Waals surface area (Å²) in [5, 5.41) is 8.71. The lowest BCUT2D eigenvalue weighted by Gasteiger charge is -2.27. The van der Waals surface area contributed by atoms with Crippen LogP contribution in [-0.4, -0.2) is 15.8 Å². The first-order valence-corrected chi connectivity index (χ1v) is 6.87. The Labute approximate surface area is 109 Å². The van der Waals surface area contributed by atoms with Gasteiger partial charge in [0.15, 0.2) is 0 Å². The molecule has 1 aliphatic rings. The van der Waals surface area contributed by atoms with Gasteiger partial charge in [0.25, 0.3) is 0 Å². The normalized spacial score (nSPS) is 25.2. The maximum Gasteiger partial charge on any atom is 0.131 e. The minimum absolute atomic E-state index is 0.655. The van der Waals surface area contributed by atoms with Gasteiger partial charge in [-0.15, -0.1) is 0 Å². The number of rotatable bonds is 3. The molecule has 96 valence electrons. The molecule has 1 aromatic rings. The number of aromatic nitrogens is 2. The van der Waals surface area contributed by atoms with Crippen molar-refractivity contribution in [3.05, 3.63) is 16.4 Å². The predicted octanol–water partition coefficient (Wildman–Crippen LogP) is 3.05. The standard InChI is InChI=1S/C13H22ClN3/c1-9-4-6-11(7-5-9)15-8-12-10(2)16-17(3)13(12)14/h9,11,15H,4-8H2,1-3H3. The third kappa shape index (κ3) is 3.02. The molecule has 0 aromatic carbocycles. The van der Waals surface area contributed by atoms with Crippen molar-refractivity contribution >= 4 is 11.6 Å². The monoisotopic (exact) mass is 255 g/mol. The summed E-state index contributed by atoms with van der Waals surface area (Å²) in [5.74, 6) is 0.900. The van der Waals surface area contributed by atoms with E-state index in [1.807, 2.05) is 14.0 Å². The number of hydrogen-bond donors (Lipinski definition) is 1. The molecular weight excluding hydrogens is 234 g/mol. The van der Waals surface area contributed by atoms with Crippen molar-refractivity contribution < 1.29 is 0 Å². The van der Waals surface area contributed by atoms with Gasteiger partial charge >= 0.3 is 0 Å². The van der Waals surface area contributed by atoms with Crippen LogP contribution in [0.1, 0.15) is 43.9 Å². The van der Waals surface area contributed by atoms with Crippen LogP contribution in [0.4, 0.5) is 0 Å². The quantitative estimate of drug-likeness (QED) is 0.900. The average molecular weight is 256 g/mol. The van der Waals surface area contributed by atoms with Crippen molar-refractivity contribution in [3.8, 4) is 0 Å². The van der Waals surface area contributed by atoms with Gasteiger partial charge in [0.05, 0.1) is 5.69 Å². The van der Waals surface area contributed by atoms with Gasteiger partial charge < -0.3 is 5.32 Å².